The molecule has 0 bridgehead atoms. The van der Waals surface area contributed by atoms with Crippen molar-refractivity contribution in [3.05, 3.63) is 24.2 Å². The summed E-state index contributed by atoms with van der Waals surface area (Å²) in [4.78, 5) is 0. The molecule has 3 nitrogen and oxygen atoms in total. The van der Waals surface area contributed by atoms with Crippen molar-refractivity contribution in [2.45, 2.75) is 25.4 Å². The summed E-state index contributed by atoms with van der Waals surface area (Å²) in [5.74, 6) is 0. The van der Waals surface area contributed by atoms with Gasteiger partial charge in [-0.1, -0.05) is 0 Å². The lowest BCUT2D eigenvalue weighted by atomic mass is 10.1. The van der Waals surface area contributed by atoms with Crippen molar-refractivity contribution >= 4 is 0 Å². The summed E-state index contributed by atoms with van der Waals surface area (Å²) in [6.45, 7) is 0.193. The molecule has 0 saturated heterocycles. The summed E-state index contributed by atoms with van der Waals surface area (Å²) in [6, 6.07) is 1.75. The summed E-state index contributed by atoms with van der Waals surface area (Å²) in [7, 11) is 0. The van der Waals surface area contributed by atoms with Gasteiger partial charge >= 0.3 is 0 Å². The van der Waals surface area contributed by atoms with Gasteiger partial charge in [0.2, 0.25) is 0 Å². The fraction of sp³-hybridized carbons (Fsp3) is 0.556. The molecule has 1 rings (SSSR count). The second-order valence-corrected chi connectivity index (χ2v) is 2.79. The first-order valence-corrected chi connectivity index (χ1v) is 4.15. The maximum atomic E-state index is 9.49. The van der Waals surface area contributed by atoms with E-state index in [1.807, 2.05) is 0 Å². The van der Waals surface area contributed by atoms with E-state index in [2.05, 4.69) is 0 Å². The highest BCUT2D eigenvalue weighted by Crippen LogP contribution is 2.18. The molecule has 0 aliphatic rings. The molecule has 0 amide bonds. The fourth-order valence-electron chi connectivity index (χ4n) is 1.08. The normalized spacial score (nSPS) is 13.2. The van der Waals surface area contributed by atoms with Crippen LogP contribution in [0, 0.1) is 0 Å². The second-order valence-electron chi connectivity index (χ2n) is 2.79. The Morgan fingerprint density at radius 3 is 2.83 bits per heavy atom. The molecular formula is C9H14O3. The monoisotopic (exact) mass is 170 g/mol. The number of aliphatic hydroxyl groups is 2. The van der Waals surface area contributed by atoms with Crippen molar-refractivity contribution in [3.8, 4) is 0 Å². The standard InChI is InChI=1S/C9H14O3/c10-5-2-1-3-9(11)8-4-6-12-7-8/h4,6-7,9-11H,1-3,5H2. The lowest BCUT2D eigenvalue weighted by Crippen LogP contribution is -1.96. The van der Waals surface area contributed by atoms with Crippen LogP contribution < -0.4 is 0 Å². The molecule has 12 heavy (non-hydrogen) atoms. The summed E-state index contributed by atoms with van der Waals surface area (Å²) in [6.07, 6.45) is 4.90. The topological polar surface area (TPSA) is 53.6 Å². The third kappa shape index (κ3) is 2.68. The minimum atomic E-state index is -0.449. The van der Waals surface area contributed by atoms with E-state index in [1.54, 1.807) is 18.6 Å². The van der Waals surface area contributed by atoms with E-state index >= 15 is 0 Å². The number of unbranched alkanes of at least 4 members (excludes halogenated alkanes) is 1. The Morgan fingerprint density at radius 2 is 2.25 bits per heavy atom. The Bertz CT molecular complexity index is 194. The lowest BCUT2D eigenvalue weighted by molar-refractivity contribution is 0.158. The molecule has 0 saturated carbocycles. The number of hydrogen-bond acceptors (Lipinski definition) is 3. The number of aliphatic hydroxyl groups excluding tert-OH is 2. The van der Waals surface area contributed by atoms with Gasteiger partial charge in [-0.2, -0.15) is 0 Å². The van der Waals surface area contributed by atoms with Gasteiger partial charge in [0.15, 0.2) is 0 Å². The van der Waals surface area contributed by atoms with Crippen LogP contribution in [-0.4, -0.2) is 16.8 Å². The van der Waals surface area contributed by atoms with E-state index in [1.165, 1.54) is 0 Å². The Labute approximate surface area is 71.6 Å². The van der Waals surface area contributed by atoms with Crippen LogP contribution in [-0.2, 0) is 0 Å². The third-order valence-corrected chi connectivity index (χ3v) is 1.81. The highest BCUT2D eigenvalue weighted by Gasteiger charge is 2.07. The van der Waals surface area contributed by atoms with E-state index < -0.39 is 6.10 Å². The van der Waals surface area contributed by atoms with Crippen molar-refractivity contribution in [2.75, 3.05) is 6.61 Å². The predicted molar refractivity (Wildman–Crippen MR) is 44.6 cm³/mol. The predicted octanol–water partition coefficient (Wildman–Crippen LogP) is 1.48. The quantitative estimate of drug-likeness (QED) is 0.658. The second kappa shape index (κ2) is 4.95. The molecule has 1 aromatic rings. The van der Waals surface area contributed by atoms with Crippen molar-refractivity contribution in [2.24, 2.45) is 0 Å². The Hall–Kier alpha value is -0.800. The van der Waals surface area contributed by atoms with Gasteiger partial charge in [-0.25, -0.2) is 0 Å². The smallest absolute Gasteiger partial charge is 0.0960 e. The zero-order valence-electron chi connectivity index (χ0n) is 6.94. The van der Waals surface area contributed by atoms with Gasteiger partial charge < -0.3 is 14.6 Å². The molecule has 2 N–H and O–H groups in total. The van der Waals surface area contributed by atoms with Gasteiger partial charge in [0.05, 0.1) is 18.6 Å². The maximum absolute atomic E-state index is 9.49. The van der Waals surface area contributed by atoms with Crippen molar-refractivity contribution in [1.29, 1.82) is 0 Å². The first-order chi connectivity index (χ1) is 5.84. The molecule has 0 aliphatic carbocycles. The van der Waals surface area contributed by atoms with Gasteiger partial charge in [-0.05, 0) is 25.3 Å². The van der Waals surface area contributed by atoms with Gasteiger partial charge in [0.25, 0.3) is 0 Å². The van der Waals surface area contributed by atoms with Crippen molar-refractivity contribution in [3.63, 3.8) is 0 Å². The van der Waals surface area contributed by atoms with Crippen LogP contribution >= 0.6 is 0 Å². The highest BCUT2D eigenvalue weighted by atomic mass is 16.3. The van der Waals surface area contributed by atoms with Crippen LogP contribution in [0.15, 0.2) is 23.0 Å². The Balaban J connectivity index is 2.25. The van der Waals surface area contributed by atoms with Crippen molar-refractivity contribution in [1.82, 2.24) is 0 Å². The molecule has 68 valence electrons. The molecule has 0 aromatic carbocycles. The van der Waals surface area contributed by atoms with Crippen LogP contribution in [0.2, 0.25) is 0 Å². The van der Waals surface area contributed by atoms with E-state index in [9.17, 15) is 5.11 Å². The van der Waals surface area contributed by atoms with E-state index in [4.69, 9.17) is 9.52 Å². The molecule has 1 aromatic heterocycles. The highest BCUT2D eigenvalue weighted by molar-refractivity contribution is 5.08. The number of rotatable bonds is 5. The minimum Gasteiger partial charge on any atom is -0.472 e. The molecule has 3 heteroatoms. The Morgan fingerprint density at radius 1 is 1.42 bits per heavy atom. The first-order valence-electron chi connectivity index (χ1n) is 4.15. The minimum absolute atomic E-state index is 0.193. The van der Waals surface area contributed by atoms with Gasteiger partial charge in [-0.15, -0.1) is 0 Å². The zero-order chi connectivity index (χ0) is 8.81. The summed E-state index contributed by atoms with van der Waals surface area (Å²) < 4.78 is 4.83. The van der Waals surface area contributed by atoms with Gasteiger partial charge in [-0.3, -0.25) is 0 Å². The fourth-order valence-corrected chi connectivity index (χ4v) is 1.08. The van der Waals surface area contributed by atoms with Gasteiger partial charge in [0.1, 0.15) is 0 Å². The summed E-state index contributed by atoms with van der Waals surface area (Å²) in [5, 5.41) is 18.0. The maximum Gasteiger partial charge on any atom is 0.0960 e. The lowest BCUT2D eigenvalue weighted by Gasteiger charge is -2.06. The molecule has 1 atom stereocenters. The average Bonchev–Trinajstić information content (AvgIpc) is 2.56. The largest absolute Gasteiger partial charge is 0.472 e. The molecule has 1 heterocycles. The van der Waals surface area contributed by atoms with Crippen molar-refractivity contribution < 1.29 is 14.6 Å². The van der Waals surface area contributed by atoms with E-state index in [0.717, 1.165) is 18.4 Å². The SMILES string of the molecule is OCCCCC(O)c1ccoc1. The number of furan rings is 1. The summed E-state index contributed by atoms with van der Waals surface area (Å²) in [5.41, 5.74) is 0.813. The van der Waals surface area contributed by atoms with Crippen LogP contribution in [0.25, 0.3) is 0 Å². The van der Waals surface area contributed by atoms with Crippen LogP contribution in [0.3, 0.4) is 0 Å². The summed E-state index contributed by atoms with van der Waals surface area (Å²) >= 11 is 0. The molecule has 0 aliphatic heterocycles. The number of hydrogen-bond donors (Lipinski definition) is 2. The van der Waals surface area contributed by atoms with E-state index in [0.29, 0.717) is 6.42 Å². The molecule has 0 fully saturated rings. The molecule has 1 unspecified atom stereocenters. The zero-order valence-corrected chi connectivity index (χ0v) is 6.94. The van der Waals surface area contributed by atoms with Crippen LogP contribution in [0.1, 0.15) is 30.9 Å². The molecular weight excluding hydrogens is 156 g/mol. The molecule has 0 spiro atoms. The molecule has 0 radical (unpaired) electrons. The Kier molecular flexibility index (Phi) is 3.84. The average molecular weight is 170 g/mol. The van der Waals surface area contributed by atoms with Crippen LogP contribution in [0.4, 0.5) is 0 Å². The van der Waals surface area contributed by atoms with Crippen LogP contribution in [0.5, 0.6) is 0 Å². The van der Waals surface area contributed by atoms with E-state index in [-0.39, 0.29) is 6.61 Å². The third-order valence-electron chi connectivity index (χ3n) is 1.81. The first kappa shape index (κ1) is 9.29. The van der Waals surface area contributed by atoms with Gasteiger partial charge in [0, 0.05) is 12.2 Å².